The van der Waals surface area contributed by atoms with Gasteiger partial charge in [0.05, 0.1) is 10.7 Å². The third kappa shape index (κ3) is 7.65. The Morgan fingerprint density at radius 3 is 2.30 bits per heavy atom. The number of thiol groups is 1. The van der Waals surface area contributed by atoms with Crippen molar-refractivity contribution in [1.29, 1.82) is 0 Å². The second kappa shape index (κ2) is 12.2. The molecule has 0 aliphatic heterocycles. The van der Waals surface area contributed by atoms with Gasteiger partial charge in [-0.15, -0.1) is 0 Å². The van der Waals surface area contributed by atoms with Gasteiger partial charge in [0.2, 0.25) is 5.91 Å². The first-order chi connectivity index (χ1) is 17.4. The van der Waals surface area contributed by atoms with Crippen molar-refractivity contribution in [3.63, 3.8) is 0 Å². The van der Waals surface area contributed by atoms with E-state index in [1.165, 1.54) is 0 Å². The highest BCUT2D eigenvalue weighted by Crippen LogP contribution is 2.37. The molecule has 0 radical (unpaired) electrons. The van der Waals surface area contributed by atoms with E-state index in [9.17, 15) is 14.4 Å². The lowest BCUT2D eigenvalue weighted by atomic mass is 10.00. The summed E-state index contributed by atoms with van der Waals surface area (Å²) < 4.78 is 5.35. The Labute approximate surface area is 229 Å². The number of nitrogens with zero attached hydrogens (tertiary/aromatic N) is 1. The minimum atomic E-state index is -0.967. The predicted octanol–water partition coefficient (Wildman–Crippen LogP) is 5.70. The van der Waals surface area contributed by atoms with Crippen LogP contribution in [0.2, 0.25) is 5.02 Å². The van der Waals surface area contributed by atoms with Gasteiger partial charge in [0.1, 0.15) is 17.7 Å². The molecule has 2 atom stereocenters. The fourth-order valence-electron chi connectivity index (χ4n) is 4.04. The molecule has 0 bridgehead atoms. The second-order valence-corrected chi connectivity index (χ2v) is 11.0. The lowest BCUT2D eigenvalue weighted by Crippen LogP contribution is -2.54. The summed E-state index contributed by atoms with van der Waals surface area (Å²) >= 11 is 10.7. The maximum atomic E-state index is 13.9. The summed E-state index contributed by atoms with van der Waals surface area (Å²) in [6, 6.07) is 11.0. The predicted molar refractivity (Wildman–Crippen MR) is 150 cm³/mol. The molecule has 2 aromatic carbocycles. The zero-order valence-electron chi connectivity index (χ0n) is 22.0. The van der Waals surface area contributed by atoms with Gasteiger partial charge in [-0.05, 0) is 69.7 Å². The van der Waals surface area contributed by atoms with Crippen LogP contribution in [-0.2, 0) is 20.7 Å². The highest BCUT2D eigenvalue weighted by Gasteiger charge is 2.44. The van der Waals surface area contributed by atoms with Crippen molar-refractivity contribution < 1.29 is 19.1 Å². The number of nitrogens with one attached hydrogen (secondary N) is 2. The average molecular weight is 546 g/mol. The molecule has 2 N–H and O–H groups in total. The molecule has 0 aromatic heterocycles. The Hall–Kier alpha value is -2.71. The van der Waals surface area contributed by atoms with E-state index < -0.39 is 23.8 Å². The fraction of sp³-hybridized carbons (Fsp3) is 0.464. The Morgan fingerprint density at radius 1 is 1.14 bits per heavy atom. The number of rotatable bonds is 9. The van der Waals surface area contributed by atoms with Crippen molar-refractivity contribution in [2.24, 2.45) is 0 Å². The van der Waals surface area contributed by atoms with E-state index in [0.717, 1.165) is 30.4 Å². The standard InChI is InChI=1S/C28H36ClN3O4S/c1-6-18-10-12-19(13-11-18)24(25(33)31-23-17(2)8-7-9-21(23)29)32(20-14-15-20)26(34)22(16-37)30-27(35)36-28(3,4)5/h7-13,20,22,24,37H,6,14-16H2,1-5H3,(H,30,35)(H,31,33). The summed E-state index contributed by atoms with van der Waals surface area (Å²) in [4.78, 5) is 41.8. The molecule has 1 saturated carbocycles. The number of carbonyl (C=O) groups excluding carboxylic acids is 3. The van der Waals surface area contributed by atoms with E-state index in [-0.39, 0.29) is 23.6 Å². The minimum Gasteiger partial charge on any atom is -0.444 e. The Kier molecular flexibility index (Phi) is 9.53. The molecule has 1 aliphatic carbocycles. The molecule has 1 fully saturated rings. The number of aryl methyl sites for hydroxylation is 2. The number of para-hydroxylation sites is 1. The number of benzene rings is 2. The molecule has 0 saturated heterocycles. The van der Waals surface area contributed by atoms with Crippen molar-refractivity contribution in [2.75, 3.05) is 11.1 Å². The minimum absolute atomic E-state index is 0.0496. The van der Waals surface area contributed by atoms with E-state index in [4.69, 9.17) is 16.3 Å². The molecule has 3 amide bonds. The molecule has 2 unspecified atom stereocenters. The van der Waals surface area contributed by atoms with Crippen LogP contribution in [-0.4, -0.2) is 46.2 Å². The third-order valence-corrected chi connectivity index (χ3v) is 6.75. The van der Waals surface area contributed by atoms with Crippen LogP contribution in [0.15, 0.2) is 42.5 Å². The molecule has 200 valence electrons. The van der Waals surface area contributed by atoms with Crippen molar-refractivity contribution in [3.8, 4) is 0 Å². The van der Waals surface area contributed by atoms with Gasteiger partial charge in [-0.3, -0.25) is 9.59 Å². The molecular formula is C28H36ClN3O4S. The first-order valence-corrected chi connectivity index (χ1v) is 13.5. The Balaban J connectivity index is 1.98. The largest absolute Gasteiger partial charge is 0.444 e. The van der Waals surface area contributed by atoms with Crippen LogP contribution < -0.4 is 10.6 Å². The number of ether oxygens (including phenoxy) is 1. The number of anilines is 1. The average Bonchev–Trinajstić information content (AvgIpc) is 3.67. The van der Waals surface area contributed by atoms with Gasteiger partial charge in [0.15, 0.2) is 0 Å². The van der Waals surface area contributed by atoms with Gasteiger partial charge in [-0.25, -0.2) is 4.79 Å². The summed E-state index contributed by atoms with van der Waals surface area (Å²) in [6.07, 6.45) is 1.66. The summed E-state index contributed by atoms with van der Waals surface area (Å²) in [5.74, 6) is -0.719. The smallest absolute Gasteiger partial charge is 0.408 e. The van der Waals surface area contributed by atoms with Gasteiger partial charge in [-0.1, -0.05) is 54.9 Å². The summed E-state index contributed by atoms with van der Waals surface area (Å²) in [7, 11) is 0. The highest BCUT2D eigenvalue weighted by atomic mass is 35.5. The molecular weight excluding hydrogens is 510 g/mol. The first kappa shape index (κ1) is 28.9. The van der Waals surface area contributed by atoms with Crippen LogP contribution in [0.25, 0.3) is 0 Å². The van der Waals surface area contributed by atoms with Crippen LogP contribution in [0.5, 0.6) is 0 Å². The number of hydrogen-bond acceptors (Lipinski definition) is 5. The molecule has 1 aliphatic rings. The van der Waals surface area contributed by atoms with Gasteiger partial charge in [0, 0.05) is 11.8 Å². The molecule has 0 spiro atoms. The lowest BCUT2D eigenvalue weighted by Gasteiger charge is -2.34. The zero-order valence-corrected chi connectivity index (χ0v) is 23.7. The van der Waals surface area contributed by atoms with Gasteiger partial charge in [0.25, 0.3) is 5.91 Å². The van der Waals surface area contributed by atoms with Gasteiger partial charge >= 0.3 is 6.09 Å². The number of alkyl carbamates (subject to hydrolysis) is 1. The number of hydrogen-bond donors (Lipinski definition) is 3. The molecule has 9 heteroatoms. The van der Waals surface area contributed by atoms with Crippen LogP contribution in [0.4, 0.5) is 10.5 Å². The maximum Gasteiger partial charge on any atom is 0.408 e. The van der Waals surface area contributed by atoms with Crippen molar-refractivity contribution in [2.45, 2.75) is 77.6 Å². The van der Waals surface area contributed by atoms with E-state index >= 15 is 0 Å². The fourth-order valence-corrected chi connectivity index (χ4v) is 4.56. The molecule has 3 rings (SSSR count). The van der Waals surface area contributed by atoms with E-state index in [1.807, 2.05) is 43.3 Å². The Bertz CT molecular complexity index is 1110. The first-order valence-electron chi connectivity index (χ1n) is 12.5. The summed E-state index contributed by atoms with van der Waals surface area (Å²) in [5.41, 5.74) is 2.39. The summed E-state index contributed by atoms with van der Waals surface area (Å²) in [5, 5.41) is 6.01. The SMILES string of the molecule is CCc1ccc(C(C(=O)Nc2c(C)cccc2Cl)N(C(=O)C(CS)NC(=O)OC(C)(C)C)C2CC2)cc1. The van der Waals surface area contributed by atoms with Crippen LogP contribution in [0.3, 0.4) is 0 Å². The lowest BCUT2D eigenvalue weighted by molar-refractivity contribution is -0.141. The molecule has 37 heavy (non-hydrogen) atoms. The number of carbonyl (C=O) groups is 3. The van der Waals surface area contributed by atoms with Crippen molar-refractivity contribution in [3.05, 3.63) is 64.2 Å². The maximum absolute atomic E-state index is 13.9. The van der Waals surface area contributed by atoms with Crippen molar-refractivity contribution >= 4 is 47.8 Å². The molecule has 7 nitrogen and oxygen atoms in total. The highest BCUT2D eigenvalue weighted by molar-refractivity contribution is 7.80. The molecule has 0 heterocycles. The van der Waals surface area contributed by atoms with Crippen molar-refractivity contribution in [1.82, 2.24) is 10.2 Å². The zero-order chi connectivity index (χ0) is 27.3. The van der Waals surface area contributed by atoms with E-state index in [2.05, 4.69) is 30.2 Å². The summed E-state index contributed by atoms with van der Waals surface area (Å²) in [6.45, 7) is 9.16. The van der Waals surface area contributed by atoms with Crippen LogP contribution >= 0.6 is 24.2 Å². The number of amides is 3. The third-order valence-electron chi connectivity index (χ3n) is 6.07. The van der Waals surface area contributed by atoms with E-state index in [0.29, 0.717) is 16.3 Å². The second-order valence-electron chi connectivity index (χ2n) is 10.3. The number of halogens is 1. The van der Waals surface area contributed by atoms with Gasteiger partial charge < -0.3 is 20.3 Å². The van der Waals surface area contributed by atoms with Gasteiger partial charge in [-0.2, -0.15) is 12.6 Å². The monoisotopic (exact) mass is 545 g/mol. The Morgan fingerprint density at radius 2 is 1.78 bits per heavy atom. The van der Waals surface area contributed by atoms with Crippen LogP contribution in [0.1, 0.15) is 63.3 Å². The molecule has 2 aromatic rings. The topological polar surface area (TPSA) is 87.7 Å². The quantitative estimate of drug-likeness (QED) is 0.352. The van der Waals surface area contributed by atoms with Crippen LogP contribution in [0, 0.1) is 6.92 Å². The normalized spacial score (nSPS) is 14.9. The van der Waals surface area contributed by atoms with E-state index in [1.54, 1.807) is 31.7 Å².